The molecule has 1 aliphatic carbocycles. The van der Waals surface area contributed by atoms with Crippen LogP contribution in [0.1, 0.15) is 74.8 Å². The van der Waals surface area contributed by atoms with Crippen LogP contribution in [0.4, 0.5) is 10.5 Å². The molecule has 4 amide bonds. The highest BCUT2D eigenvalue weighted by atomic mass is 16.6. The number of aryl methyl sites for hydroxylation is 2. The van der Waals surface area contributed by atoms with Crippen molar-refractivity contribution in [2.75, 3.05) is 5.32 Å². The second-order valence-corrected chi connectivity index (χ2v) is 11.1. The summed E-state index contributed by atoms with van der Waals surface area (Å²) in [4.78, 5) is 54.0. The summed E-state index contributed by atoms with van der Waals surface area (Å²) in [6.07, 6.45) is 5.94. The number of hydrogen-bond donors (Lipinski definition) is 3. The van der Waals surface area contributed by atoms with Crippen LogP contribution in [-0.4, -0.2) is 46.4 Å². The number of terminal acetylenes is 1. The van der Waals surface area contributed by atoms with Crippen LogP contribution in [0.3, 0.4) is 0 Å². The molecule has 2 unspecified atom stereocenters. The van der Waals surface area contributed by atoms with Gasteiger partial charge in [-0.2, -0.15) is 0 Å². The molecule has 1 saturated carbocycles. The highest BCUT2D eigenvalue weighted by molar-refractivity contribution is 6.00. The van der Waals surface area contributed by atoms with Gasteiger partial charge in [-0.1, -0.05) is 36.3 Å². The van der Waals surface area contributed by atoms with Crippen molar-refractivity contribution < 1.29 is 23.9 Å². The minimum Gasteiger partial charge on any atom is -0.444 e. The maximum atomic E-state index is 14.2. The van der Waals surface area contributed by atoms with Gasteiger partial charge in [-0.3, -0.25) is 14.4 Å². The predicted octanol–water partition coefficient (Wildman–Crippen LogP) is 4.11. The van der Waals surface area contributed by atoms with Crippen LogP contribution in [0, 0.1) is 26.2 Å². The number of rotatable bonds is 10. The van der Waals surface area contributed by atoms with Crippen LogP contribution >= 0.6 is 0 Å². The smallest absolute Gasteiger partial charge is 0.408 e. The molecule has 1 fully saturated rings. The van der Waals surface area contributed by atoms with E-state index in [0.717, 1.165) is 11.1 Å². The molecule has 9 heteroatoms. The number of nitrogens with zero attached hydrogens (tertiary/aromatic N) is 1. The first-order chi connectivity index (χ1) is 18.8. The Balaban J connectivity index is 2.03. The van der Waals surface area contributed by atoms with Crippen LogP contribution in [0.5, 0.6) is 0 Å². The Morgan fingerprint density at radius 3 is 2.17 bits per heavy atom. The summed E-state index contributed by atoms with van der Waals surface area (Å²) in [6.45, 7) is 8.91. The number of anilines is 1. The van der Waals surface area contributed by atoms with Crippen molar-refractivity contribution in [3.05, 3.63) is 64.7 Å². The molecule has 0 bridgehead atoms. The molecule has 9 nitrogen and oxygen atoms in total. The summed E-state index contributed by atoms with van der Waals surface area (Å²) >= 11 is 0. The van der Waals surface area contributed by atoms with Gasteiger partial charge in [-0.05, 0) is 82.7 Å². The highest BCUT2D eigenvalue weighted by Crippen LogP contribution is 2.37. The Hall–Kier alpha value is -4.32. The monoisotopic (exact) mass is 546 g/mol. The van der Waals surface area contributed by atoms with E-state index in [1.165, 1.54) is 4.90 Å². The van der Waals surface area contributed by atoms with Gasteiger partial charge in [0.2, 0.25) is 11.8 Å². The number of benzene rings is 2. The third kappa shape index (κ3) is 8.09. The highest BCUT2D eigenvalue weighted by Gasteiger charge is 2.44. The SMILES string of the molecule is C#Cc1ccc(C(C(=O)Nc2c(C)cccc2C)N(C(=O)C(CCC(N)=O)NC(=O)OC(C)(C)C)C2CC2)cc1. The fourth-order valence-corrected chi connectivity index (χ4v) is 4.45. The molecule has 0 aromatic heterocycles. The first-order valence-electron chi connectivity index (χ1n) is 13.3. The van der Waals surface area contributed by atoms with Crippen molar-refractivity contribution in [2.45, 2.75) is 84.0 Å². The lowest BCUT2D eigenvalue weighted by atomic mass is 9.99. The molecule has 0 aliphatic heterocycles. The van der Waals surface area contributed by atoms with E-state index in [4.69, 9.17) is 16.9 Å². The number of carbonyl (C=O) groups is 4. The Labute approximate surface area is 235 Å². The Morgan fingerprint density at radius 1 is 1.07 bits per heavy atom. The summed E-state index contributed by atoms with van der Waals surface area (Å²) in [7, 11) is 0. The molecule has 0 heterocycles. The van der Waals surface area contributed by atoms with Crippen LogP contribution < -0.4 is 16.4 Å². The number of ether oxygens (including phenoxy) is 1. The Kier molecular flexibility index (Phi) is 9.59. The van der Waals surface area contributed by atoms with Gasteiger partial charge in [0, 0.05) is 23.7 Å². The number of carbonyl (C=O) groups excluding carboxylic acids is 4. The molecule has 3 rings (SSSR count). The van der Waals surface area contributed by atoms with Crippen molar-refractivity contribution in [3.63, 3.8) is 0 Å². The standard InChI is InChI=1S/C31H38N4O5/c1-7-21-11-13-22(14-12-21)27(28(37)34-26-19(2)9-8-10-20(26)3)35(23-15-16-23)29(38)24(17-18-25(32)36)33-30(39)40-31(4,5)6/h1,8-14,23-24,27H,15-18H2,2-6H3,(H2,32,36)(H,33,39)(H,34,37). The van der Waals surface area contributed by atoms with E-state index in [2.05, 4.69) is 16.6 Å². The van der Waals surface area contributed by atoms with Crippen LogP contribution in [-0.2, 0) is 19.1 Å². The van der Waals surface area contributed by atoms with Gasteiger partial charge in [0.15, 0.2) is 0 Å². The number of alkyl carbamates (subject to hydrolysis) is 1. The van der Waals surface area contributed by atoms with Crippen LogP contribution in [0.15, 0.2) is 42.5 Å². The van der Waals surface area contributed by atoms with E-state index in [1.807, 2.05) is 32.0 Å². The van der Waals surface area contributed by atoms with Crippen molar-refractivity contribution in [2.24, 2.45) is 5.73 Å². The van der Waals surface area contributed by atoms with E-state index in [1.54, 1.807) is 45.0 Å². The van der Waals surface area contributed by atoms with Gasteiger partial charge < -0.3 is 26.0 Å². The van der Waals surface area contributed by atoms with Crippen LogP contribution in [0.2, 0.25) is 0 Å². The summed E-state index contributed by atoms with van der Waals surface area (Å²) in [6, 6.07) is 10.2. The lowest BCUT2D eigenvalue weighted by molar-refractivity contribution is -0.141. The van der Waals surface area contributed by atoms with E-state index in [0.29, 0.717) is 29.7 Å². The van der Waals surface area contributed by atoms with Gasteiger partial charge in [0.25, 0.3) is 5.91 Å². The molecule has 2 aromatic rings. The normalized spacial score (nSPS) is 14.3. The predicted molar refractivity (Wildman–Crippen MR) is 153 cm³/mol. The van der Waals surface area contributed by atoms with Gasteiger partial charge >= 0.3 is 6.09 Å². The molecule has 4 N–H and O–H groups in total. The fourth-order valence-electron chi connectivity index (χ4n) is 4.45. The zero-order chi connectivity index (χ0) is 29.6. The largest absolute Gasteiger partial charge is 0.444 e. The second kappa shape index (κ2) is 12.7. The second-order valence-electron chi connectivity index (χ2n) is 11.1. The lowest BCUT2D eigenvalue weighted by Crippen LogP contribution is -2.53. The summed E-state index contributed by atoms with van der Waals surface area (Å²) < 4.78 is 5.37. The number of amides is 4. The average molecular weight is 547 g/mol. The number of nitrogens with two attached hydrogens (primary N) is 1. The fraction of sp³-hybridized carbons (Fsp3) is 0.419. The van der Waals surface area contributed by atoms with Gasteiger partial charge in [-0.25, -0.2) is 4.79 Å². The number of hydrogen-bond acceptors (Lipinski definition) is 5. The van der Waals surface area contributed by atoms with Crippen molar-refractivity contribution in [1.82, 2.24) is 10.2 Å². The van der Waals surface area contributed by atoms with Gasteiger partial charge in [0.05, 0.1) is 0 Å². The number of nitrogens with one attached hydrogen (secondary N) is 2. The number of para-hydroxylation sites is 1. The first kappa shape index (κ1) is 30.2. The van der Waals surface area contributed by atoms with E-state index >= 15 is 0 Å². The Bertz CT molecular complexity index is 1280. The molecule has 40 heavy (non-hydrogen) atoms. The zero-order valence-corrected chi connectivity index (χ0v) is 23.7. The summed E-state index contributed by atoms with van der Waals surface area (Å²) in [5.41, 5.74) is 8.19. The topological polar surface area (TPSA) is 131 Å². The average Bonchev–Trinajstić information content (AvgIpc) is 3.71. The van der Waals surface area contributed by atoms with E-state index in [-0.39, 0.29) is 18.9 Å². The third-order valence-corrected chi connectivity index (χ3v) is 6.51. The zero-order valence-electron chi connectivity index (χ0n) is 23.7. The molecule has 0 spiro atoms. The summed E-state index contributed by atoms with van der Waals surface area (Å²) in [5, 5.41) is 5.63. The quantitative estimate of drug-likeness (QED) is 0.386. The molecular formula is C31H38N4O5. The molecule has 2 aromatic carbocycles. The van der Waals surface area contributed by atoms with Gasteiger partial charge in [0.1, 0.15) is 17.7 Å². The third-order valence-electron chi connectivity index (χ3n) is 6.51. The minimum absolute atomic E-state index is 0.0437. The molecule has 0 saturated heterocycles. The van der Waals surface area contributed by atoms with Gasteiger partial charge in [-0.15, -0.1) is 6.42 Å². The maximum Gasteiger partial charge on any atom is 0.408 e. The summed E-state index contributed by atoms with van der Waals surface area (Å²) in [5.74, 6) is 1.04. The van der Waals surface area contributed by atoms with Crippen molar-refractivity contribution >= 4 is 29.5 Å². The maximum absolute atomic E-state index is 14.2. The molecular weight excluding hydrogens is 508 g/mol. The molecule has 0 radical (unpaired) electrons. The molecule has 1 aliphatic rings. The van der Waals surface area contributed by atoms with E-state index < -0.39 is 41.5 Å². The van der Waals surface area contributed by atoms with E-state index in [9.17, 15) is 19.2 Å². The van der Waals surface area contributed by atoms with Crippen molar-refractivity contribution in [1.29, 1.82) is 0 Å². The van der Waals surface area contributed by atoms with Crippen molar-refractivity contribution in [3.8, 4) is 12.3 Å². The lowest BCUT2D eigenvalue weighted by Gasteiger charge is -2.35. The minimum atomic E-state index is -1.14. The molecule has 2 atom stereocenters. The number of primary amides is 1. The molecule has 212 valence electrons. The first-order valence-corrected chi connectivity index (χ1v) is 13.3. The van der Waals surface area contributed by atoms with Crippen LogP contribution in [0.25, 0.3) is 0 Å². The Morgan fingerprint density at radius 2 is 1.68 bits per heavy atom.